The second kappa shape index (κ2) is 11.2. The number of nitrogen functional groups attached to an aromatic ring is 2. The van der Waals surface area contributed by atoms with E-state index in [1.165, 1.54) is 10.8 Å². The summed E-state index contributed by atoms with van der Waals surface area (Å²) in [5.74, 6) is -0.333. The Kier molecular flexibility index (Phi) is 7.75. The normalized spacial score (nSPS) is 12.7. The number of nitrogens with zero attached hydrogens (tertiary/aromatic N) is 2. The molecule has 2 aromatic carbocycles. The Hall–Kier alpha value is -4.67. The van der Waals surface area contributed by atoms with Crippen molar-refractivity contribution in [3.8, 4) is 11.3 Å². The number of hydrogen-bond donors (Lipinski definition) is 6. The van der Waals surface area contributed by atoms with Crippen LogP contribution in [0.5, 0.6) is 0 Å². The molecule has 2 amide bonds. The summed E-state index contributed by atoms with van der Waals surface area (Å²) in [5.41, 5.74) is 14.4. The van der Waals surface area contributed by atoms with Crippen molar-refractivity contribution in [2.75, 3.05) is 16.4 Å². The number of anilines is 3. The molecule has 0 atom stereocenters. The van der Waals surface area contributed by atoms with Gasteiger partial charge in [0.25, 0.3) is 5.56 Å². The van der Waals surface area contributed by atoms with Gasteiger partial charge in [0, 0.05) is 41.0 Å². The van der Waals surface area contributed by atoms with Crippen LogP contribution in [0, 0.1) is 11.3 Å². The number of amides is 2. The van der Waals surface area contributed by atoms with Crippen LogP contribution in [-0.4, -0.2) is 33.2 Å². The standard InChI is InChI=1S/C27H32N8O3/c1-15(2)33-25-27(38)35(14-23(36)31-12-16-3-5-17(6-4-16)24(29)30)22(13-32-25)19-9-20(28)11-21(10-19)34-26(37)18-7-8-18/h3-6,9-11,13,15,18H,7-8,12,14,28H2,1-2H3,(H3,29,30)(H,31,36)(H,32,33)(H,34,37). The van der Waals surface area contributed by atoms with Gasteiger partial charge in [-0.05, 0) is 50.5 Å². The molecule has 8 N–H and O–H groups in total. The molecule has 1 heterocycles. The minimum atomic E-state index is -0.455. The summed E-state index contributed by atoms with van der Waals surface area (Å²) in [5, 5.41) is 16.2. The third-order valence-corrected chi connectivity index (χ3v) is 6.00. The van der Waals surface area contributed by atoms with E-state index in [0.717, 1.165) is 18.4 Å². The molecular formula is C27H32N8O3. The maximum atomic E-state index is 13.4. The van der Waals surface area contributed by atoms with E-state index in [9.17, 15) is 14.4 Å². The summed E-state index contributed by atoms with van der Waals surface area (Å²) in [6.07, 6.45) is 3.25. The zero-order valence-corrected chi connectivity index (χ0v) is 21.4. The average Bonchev–Trinajstić information content (AvgIpc) is 3.71. The molecule has 1 aliphatic rings. The van der Waals surface area contributed by atoms with Gasteiger partial charge in [0.2, 0.25) is 11.8 Å². The molecule has 1 aromatic heterocycles. The molecule has 0 radical (unpaired) electrons. The van der Waals surface area contributed by atoms with Crippen molar-refractivity contribution in [3.63, 3.8) is 0 Å². The Bertz CT molecular complexity index is 1430. The molecule has 0 spiro atoms. The highest BCUT2D eigenvalue weighted by Crippen LogP contribution is 2.31. The van der Waals surface area contributed by atoms with Crippen LogP contribution in [0.1, 0.15) is 37.8 Å². The van der Waals surface area contributed by atoms with E-state index in [1.807, 2.05) is 13.8 Å². The fourth-order valence-electron chi connectivity index (χ4n) is 3.91. The molecule has 1 aliphatic carbocycles. The molecule has 0 unspecified atom stereocenters. The Morgan fingerprint density at radius 3 is 2.50 bits per heavy atom. The first-order chi connectivity index (χ1) is 18.1. The molecule has 11 heteroatoms. The topological polar surface area (TPSA) is 181 Å². The van der Waals surface area contributed by atoms with Crippen LogP contribution in [0.15, 0.2) is 53.5 Å². The maximum Gasteiger partial charge on any atom is 0.294 e. The van der Waals surface area contributed by atoms with Crippen molar-refractivity contribution >= 4 is 34.8 Å². The minimum Gasteiger partial charge on any atom is -0.399 e. The highest BCUT2D eigenvalue weighted by Gasteiger charge is 2.29. The first-order valence-electron chi connectivity index (χ1n) is 12.4. The van der Waals surface area contributed by atoms with Crippen molar-refractivity contribution in [2.24, 2.45) is 11.7 Å². The van der Waals surface area contributed by atoms with Crippen LogP contribution in [0.4, 0.5) is 17.2 Å². The summed E-state index contributed by atoms with van der Waals surface area (Å²) in [4.78, 5) is 42.9. The molecule has 0 saturated heterocycles. The van der Waals surface area contributed by atoms with Gasteiger partial charge in [0.1, 0.15) is 12.4 Å². The summed E-state index contributed by atoms with van der Waals surface area (Å²) < 4.78 is 1.34. The van der Waals surface area contributed by atoms with Crippen molar-refractivity contribution in [1.29, 1.82) is 5.41 Å². The van der Waals surface area contributed by atoms with Gasteiger partial charge in [0.15, 0.2) is 5.82 Å². The Morgan fingerprint density at radius 2 is 1.87 bits per heavy atom. The largest absolute Gasteiger partial charge is 0.399 e. The second-order valence-corrected chi connectivity index (χ2v) is 9.68. The van der Waals surface area contributed by atoms with E-state index in [1.54, 1.807) is 42.5 Å². The van der Waals surface area contributed by atoms with Gasteiger partial charge in [0.05, 0.1) is 11.9 Å². The first kappa shape index (κ1) is 26.4. The summed E-state index contributed by atoms with van der Waals surface area (Å²) >= 11 is 0. The number of benzene rings is 2. The van der Waals surface area contributed by atoms with Crippen LogP contribution < -0.4 is 33.0 Å². The number of carbonyl (C=O) groups is 2. The van der Waals surface area contributed by atoms with Crippen LogP contribution in [0.2, 0.25) is 0 Å². The summed E-state index contributed by atoms with van der Waals surface area (Å²) in [7, 11) is 0. The Labute approximate surface area is 220 Å². The average molecular weight is 517 g/mol. The van der Waals surface area contributed by atoms with E-state index in [2.05, 4.69) is 20.9 Å². The highest BCUT2D eigenvalue weighted by atomic mass is 16.2. The van der Waals surface area contributed by atoms with Crippen molar-refractivity contribution < 1.29 is 9.59 Å². The SMILES string of the molecule is CC(C)Nc1ncc(-c2cc(N)cc(NC(=O)C3CC3)c2)n(CC(=O)NCc2ccc(C(=N)N)cc2)c1=O. The third kappa shape index (κ3) is 6.55. The van der Waals surface area contributed by atoms with Gasteiger partial charge in [-0.3, -0.25) is 24.4 Å². The first-order valence-corrected chi connectivity index (χ1v) is 12.4. The lowest BCUT2D eigenvalue weighted by Gasteiger charge is -2.17. The zero-order valence-electron chi connectivity index (χ0n) is 21.4. The van der Waals surface area contributed by atoms with Crippen molar-refractivity contribution in [2.45, 2.75) is 45.8 Å². The van der Waals surface area contributed by atoms with Gasteiger partial charge >= 0.3 is 0 Å². The van der Waals surface area contributed by atoms with Crippen LogP contribution in [-0.2, 0) is 22.7 Å². The molecule has 1 saturated carbocycles. The lowest BCUT2D eigenvalue weighted by atomic mass is 10.1. The van der Waals surface area contributed by atoms with E-state index in [-0.39, 0.29) is 48.5 Å². The highest BCUT2D eigenvalue weighted by molar-refractivity contribution is 5.95. The fraction of sp³-hybridized carbons (Fsp3) is 0.296. The lowest BCUT2D eigenvalue weighted by Crippen LogP contribution is -2.35. The quantitative estimate of drug-likeness (QED) is 0.136. The molecule has 38 heavy (non-hydrogen) atoms. The number of aromatic nitrogens is 2. The Balaban J connectivity index is 1.60. The van der Waals surface area contributed by atoms with E-state index >= 15 is 0 Å². The zero-order chi connectivity index (χ0) is 27.4. The van der Waals surface area contributed by atoms with Gasteiger partial charge in [-0.25, -0.2) is 4.98 Å². The monoisotopic (exact) mass is 516 g/mol. The number of rotatable bonds is 10. The van der Waals surface area contributed by atoms with Gasteiger partial charge < -0.3 is 27.4 Å². The van der Waals surface area contributed by atoms with Gasteiger partial charge in [-0.2, -0.15) is 0 Å². The summed E-state index contributed by atoms with van der Waals surface area (Å²) in [6.45, 7) is 3.75. The third-order valence-electron chi connectivity index (χ3n) is 6.00. The minimum absolute atomic E-state index is 0.0171. The van der Waals surface area contributed by atoms with Crippen LogP contribution >= 0.6 is 0 Å². The number of carbonyl (C=O) groups excluding carboxylic acids is 2. The number of nitrogens with two attached hydrogens (primary N) is 2. The molecule has 0 aliphatic heterocycles. The Morgan fingerprint density at radius 1 is 1.16 bits per heavy atom. The molecular weight excluding hydrogens is 484 g/mol. The number of nitrogens with one attached hydrogen (secondary N) is 4. The maximum absolute atomic E-state index is 13.4. The molecule has 1 fully saturated rings. The van der Waals surface area contributed by atoms with E-state index < -0.39 is 5.56 Å². The van der Waals surface area contributed by atoms with Gasteiger partial charge in [-0.15, -0.1) is 0 Å². The molecule has 4 rings (SSSR count). The van der Waals surface area contributed by atoms with Crippen LogP contribution in [0.25, 0.3) is 11.3 Å². The lowest BCUT2D eigenvalue weighted by molar-refractivity contribution is -0.122. The molecule has 11 nitrogen and oxygen atoms in total. The molecule has 3 aromatic rings. The van der Waals surface area contributed by atoms with E-state index in [0.29, 0.717) is 28.2 Å². The van der Waals surface area contributed by atoms with Crippen LogP contribution in [0.3, 0.4) is 0 Å². The fourth-order valence-corrected chi connectivity index (χ4v) is 3.91. The van der Waals surface area contributed by atoms with Crippen molar-refractivity contribution in [3.05, 3.63) is 70.1 Å². The summed E-state index contributed by atoms with van der Waals surface area (Å²) in [6, 6.07) is 12.0. The number of hydrogen-bond acceptors (Lipinski definition) is 7. The second-order valence-electron chi connectivity index (χ2n) is 9.68. The smallest absolute Gasteiger partial charge is 0.294 e. The molecule has 198 valence electrons. The van der Waals surface area contributed by atoms with E-state index in [4.69, 9.17) is 16.9 Å². The number of amidine groups is 1. The molecule has 0 bridgehead atoms. The predicted octanol–water partition coefficient (Wildman–Crippen LogP) is 2.26. The van der Waals surface area contributed by atoms with Gasteiger partial charge in [-0.1, -0.05) is 24.3 Å². The predicted molar refractivity (Wildman–Crippen MR) is 148 cm³/mol. The van der Waals surface area contributed by atoms with Crippen molar-refractivity contribution in [1.82, 2.24) is 14.9 Å².